The lowest BCUT2D eigenvalue weighted by Gasteiger charge is -2.18. The summed E-state index contributed by atoms with van der Waals surface area (Å²) in [4.78, 5) is 27.6. The van der Waals surface area contributed by atoms with E-state index in [-0.39, 0.29) is 28.2 Å². The Morgan fingerprint density at radius 2 is 1.58 bits per heavy atom. The fourth-order valence-electron chi connectivity index (χ4n) is 3.31. The van der Waals surface area contributed by atoms with E-state index in [1.165, 1.54) is 18.2 Å². The van der Waals surface area contributed by atoms with E-state index in [1.807, 2.05) is 0 Å². The number of hydrogen-bond donors (Lipinski definition) is 1. The molecule has 3 aromatic carbocycles. The first-order valence-corrected chi connectivity index (χ1v) is 9.52. The molecule has 0 aliphatic carbocycles. The Morgan fingerprint density at radius 3 is 2.26 bits per heavy atom. The van der Waals surface area contributed by atoms with Crippen molar-refractivity contribution >= 4 is 40.4 Å². The Hall–Kier alpha value is -3.58. The predicted octanol–water partition coefficient (Wildman–Crippen LogP) is 5.46. The molecule has 8 heteroatoms. The molecule has 0 unspecified atom stereocenters. The van der Waals surface area contributed by atoms with Gasteiger partial charge in [0.05, 0.1) is 11.3 Å². The van der Waals surface area contributed by atoms with E-state index >= 15 is 0 Å². The molecule has 1 aliphatic heterocycles. The van der Waals surface area contributed by atoms with E-state index < -0.39 is 29.3 Å². The summed E-state index contributed by atoms with van der Waals surface area (Å²) in [5.41, 5.74) is 0.963. The second kappa shape index (κ2) is 7.92. The van der Waals surface area contributed by atoms with E-state index in [4.69, 9.17) is 11.6 Å². The number of imide groups is 1. The molecule has 156 valence electrons. The van der Waals surface area contributed by atoms with Gasteiger partial charge in [0.15, 0.2) is 11.6 Å². The number of nitrogens with one attached hydrogen (secondary N) is 1. The van der Waals surface area contributed by atoms with Crippen molar-refractivity contribution in [3.8, 4) is 0 Å². The van der Waals surface area contributed by atoms with Crippen LogP contribution < -0.4 is 10.2 Å². The zero-order chi connectivity index (χ0) is 22.3. The summed E-state index contributed by atoms with van der Waals surface area (Å²) in [6, 6.07) is 12.8. The van der Waals surface area contributed by atoms with Crippen molar-refractivity contribution in [1.29, 1.82) is 0 Å². The highest BCUT2D eigenvalue weighted by Crippen LogP contribution is 2.36. The first-order valence-electron chi connectivity index (χ1n) is 9.14. The molecule has 0 fully saturated rings. The third-order valence-electron chi connectivity index (χ3n) is 4.89. The van der Waals surface area contributed by atoms with Crippen LogP contribution in [0.15, 0.2) is 66.4 Å². The van der Waals surface area contributed by atoms with E-state index in [2.05, 4.69) is 5.32 Å². The number of rotatable bonds is 4. The molecular formula is C23H14ClF3N2O2. The standard InChI is InChI=1S/C23H14ClF3N2O2/c1-12-16(24)3-2-4-19(12)29-22(30)20(13-5-7-14(25)8-6-13)21(23(29)31)28-15-9-10-17(26)18(27)11-15/h2-11,28H,1H3. The van der Waals surface area contributed by atoms with Gasteiger partial charge in [-0.25, -0.2) is 18.1 Å². The Morgan fingerprint density at radius 1 is 0.871 bits per heavy atom. The van der Waals surface area contributed by atoms with Crippen molar-refractivity contribution in [3.05, 3.63) is 100.0 Å². The lowest BCUT2D eigenvalue weighted by molar-refractivity contribution is -0.120. The van der Waals surface area contributed by atoms with Crippen molar-refractivity contribution in [3.63, 3.8) is 0 Å². The van der Waals surface area contributed by atoms with E-state index in [0.717, 1.165) is 29.2 Å². The van der Waals surface area contributed by atoms with Crippen LogP contribution in [0.4, 0.5) is 24.5 Å². The molecule has 3 aromatic rings. The molecule has 0 aromatic heterocycles. The van der Waals surface area contributed by atoms with Gasteiger partial charge in [-0.1, -0.05) is 29.8 Å². The van der Waals surface area contributed by atoms with E-state index in [9.17, 15) is 22.8 Å². The van der Waals surface area contributed by atoms with E-state index in [1.54, 1.807) is 25.1 Å². The third-order valence-corrected chi connectivity index (χ3v) is 5.30. The fourth-order valence-corrected chi connectivity index (χ4v) is 3.47. The minimum absolute atomic E-state index is 0.0332. The van der Waals surface area contributed by atoms with Crippen molar-refractivity contribution in [2.24, 2.45) is 0 Å². The second-order valence-corrected chi connectivity index (χ2v) is 7.25. The monoisotopic (exact) mass is 442 g/mol. The summed E-state index contributed by atoms with van der Waals surface area (Å²) in [6.07, 6.45) is 0. The lowest BCUT2D eigenvalue weighted by atomic mass is 10.0. The van der Waals surface area contributed by atoms with Gasteiger partial charge in [0, 0.05) is 16.8 Å². The van der Waals surface area contributed by atoms with Crippen LogP contribution in [0.1, 0.15) is 11.1 Å². The van der Waals surface area contributed by atoms with Crippen molar-refractivity contribution < 1.29 is 22.8 Å². The first-order chi connectivity index (χ1) is 14.8. The molecule has 1 aliphatic rings. The third kappa shape index (κ3) is 3.68. The number of hydrogen-bond acceptors (Lipinski definition) is 3. The quantitative estimate of drug-likeness (QED) is 0.546. The molecule has 31 heavy (non-hydrogen) atoms. The summed E-state index contributed by atoms with van der Waals surface area (Å²) >= 11 is 6.16. The van der Waals surface area contributed by atoms with Crippen LogP contribution >= 0.6 is 11.6 Å². The minimum atomic E-state index is -1.12. The Balaban J connectivity index is 1.85. The smallest absolute Gasteiger partial charge is 0.282 e. The van der Waals surface area contributed by atoms with Gasteiger partial charge in [0.2, 0.25) is 0 Å². The van der Waals surface area contributed by atoms with Crippen molar-refractivity contribution in [2.45, 2.75) is 6.92 Å². The number of carbonyl (C=O) groups is 2. The number of benzene rings is 3. The number of halogens is 4. The lowest BCUT2D eigenvalue weighted by Crippen LogP contribution is -2.33. The molecular weight excluding hydrogens is 429 g/mol. The maximum Gasteiger partial charge on any atom is 0.282 e. The molecule has 0 atom stereocenters. The summed E-state index contributed by atoms with van der Waals surface area (Å²) in [5, 5.41) is 3.08. The van der Waals surface area contributed by atoms with E-state index in [0.29, 0.717) is 10.6 Å². The highest BCUT2D eigenvalue weighted by Gasteiger charge is 2.41. The van der Waals surface area contributed by atoms with Gasteiger partial charge in [0.1, 0.15) is 11.5 Å². The largest absolute Gasteiger partial charge is 0.350 e. The Bertz CT molecular complexity index is 1260. The van der Waals surface area contributed by atoms with Crippen LogP contribution in [-0.4, -0.2) is 11.8 Å². The van der Waals surface area contributed by atoms with Gasteiger partial charge >= 0.3 is 0 Å². The van der Waals surface area contributed by atoms with Gasteiger partial charge < -0.3 is 5.32 Å². The average Bonchev–Trinajstić information content (AvgIpc) is 2.97. The zero-order valence-corrected chi connectivity index (χ0v) is 16.8. The number of anilines is 2. The molecule has 2 amide bonds. The maximum absolute atomic E-state index is 13.7. The topological polar surface area (TPSA) is 49.4 Å². The van der Waals surface area contributed by atoms with Crippen LogP contribution in [0.3, 0.4) is 0 Å². The molecule has 1 heterocycles. The Kier molecular flexibility index (Phi) is 5.29. The summed E-state index contributed by atoms with van der Waals surface area (Å²) in [5.74, 6) is -4.05. The van der Waals surface area contributed by atoms with Gasteiger partial charge in [-0.15, -0.1) is 0 Å². The van der Waals surface area contributed by atoms with Crippen LogP contribution in [0.5, 0.6) is 0 Å². The summed E-state index contributed by atoms with van der Waals surface area (Å²) in [7, 11) is 0. The van der Waals surface area contributed by atoms with Crippen LogP contribution in [0.25, 0.3) is 5.57 Å². The van der Waals surface area contributed by atoms with Crippen LogP contribution in [0.2, 0.25) is 5.02 Å². The Labute approximate surface area is 180 Å². The molecule has 0 bridgehead atoms. The molecule has 0 spiro atoms. The normalized spacial score (nSPS) is 13.9. The summed E-state index contributed by atoms with van der Waals surface area (Å²) in [6.45, 7) is 1.66. The number of amides is 2. The highest BCUT2D eigenvalue weighted by molar-refractivity contribution is 6.46. The maximum atomic E-state index is 13.7. The average molecular weight is 443 g/mol. The number of carbonyl (C=O) groups excluding carboxylic acids is 2. The SMILES string of the molecule is Cc1c(Cl)cccc1N1C(=O)C(Nc2ccc(F)c(F)c2)=C(c2ccc(F)cc2)C1=O. The van der Waals surface area contributed by atoms with Crippen molar-refractivity contribution in [1.82, 2.24) is 0 Å². The molecule has 4 rings (SSSR count). The van der Waals surface area contributed by atoms with Gasteiger partial charge in [-0.05, 0) is 54.4 Å². The van der Waals surface area contributed by atoms with Gasteiger partial charge in [-0.3, -0.25) is 9.59 Å². The zero-order valence-electron chi connectivity index (χ0n) is 16.0. The molecule has 0 saturated carbocycles. The summed E-state index contributed by atoms with van der Waals surface area (Å²) < 4.78 is 40.4. The van der Waals surface area contributed by atoms with Gasteiger partial charge in [-0.2, -0.15) is 0 Å². The fraction of sp³-hybridized carbons (Fsp3) is 0.0435. The van der Waals surface area contributed by atoms with Crippen LogP contribution in [-0.2, 0) is 9.59 Å². The number of nitrogens with zero attached hydrogens (tertiary/aromatic N) is 1. The molecule has 0 radical (unpaired) electrons. The second-order valence-electron chi connectivity index (χ2n) is 6.84. The molecule has 1 N–H and O–H groups in total. The first kappa shape index (κ1) is 20.7. The van der Waals surface area contributed by atoms with Crippen molar-refractivity contribution in [2.75, 3.05) is 10.2 Å². The van der Waals surface area contributed by atoms with Crippen LogP contribution in [0, 0.1) is 24.4 Å². The highest BCUT2D eigenvalue weighted by atomic mass is 35.5. The minimum Gasteiger partial charge on any atom is -0.350 e. The van der Waals surface area contributed by atoms with Gasteiger partial charge in [0.25, 0.3) is 11.8 Å². The predicted molar refractivity (Wildman–Crippen MR) is 112 cm³/mol. The molecule has 0 saturated heterocycles. The molecule has 4 nitrogen and oxygen atoms in total.